The molecule has 2 N–H and O–H groups in total. The molecule has 17 heavy (non-hydrogen) atoms. The number of carboxylic acids is 1. The lowest BCUT2D eigenvalue weighted by molar-refractivity contribution is 0.0696. The summed E-state index contributed by atoms with van der Waals surface area (Å²) in [4.78, 5) is 10.8. The van der Waals surface area contributed by atoms with Crippen LogP contribution in [-0.4, -0.2) is 28.9 Å². The molecule has 1 aromatic rings. The Bertz CT molecular complexity index is 397. The molecule has 0 spiro atoms. The van der Waals surface area contributed by atoms with Gasteiger partial charge < -0.3 is 14.9 Å². The molecule has 1 unspecified atom stereocenters. The molecule has 0 aliphatic carbocycles. The molecule has 0 heterocycles. The van der Waals surface area contributed by atoms with Crippen LogP contribution in [0.2, 0.25) is 0 Å². The molecule has 0 bridgehead atoms. The highest BCUT2D eigenvalue weighted by molar-refractivity contribution is 9.11. The van der Waals surface area contributed by atoms with Crippen LogP contribution in [0.15, 0.2) is 21.1 Å². The van der Waals surface area contributed by atoms with Crippen LogP contribution in [0.5, 0.6) is 5.75 Å². The Labute approximate surface area is 116 Å². The summed E-state index contributed by atoms with van der Waals surface area (Å²) in [5.74, 6) is -0.519. The zero-order valence-electron chi connectivity index (χ0n) is 9.11. The van der Waals surface area contributed by atoms with E-state index >= 15 is 0 Å². The van der Waals surface area contributed by atoms with E-state index in [4.69, 9.17) is 9.84 Å². The van der Waals surface area contributed by atoms with E-state index < -0.39 is 12.1 Å². The van der Waals surface area contributed by atoms with Crippen molar-refractivity contribution in [2.24, 2.45) is 0 Å². The Balaban J connectivity index is 2.90. The first-order valence-corrected chi connectivity index (χ1v) is 6.57. The number of carboxylic acid groups (broad SMARTS) is 1. The summed E-state index contributed by atoms with van der Waals surface area (Å²) in [7, 11) is 0. The molecular formula is C11H12Br2O4. The number of ether oxygens (including phenoxy) is 1. The lowest BCUT2D eigenvalue weighted by Crippen LogP contribution is -2.16. The molecule has 4 nitrogen and oxygen atoms in total. The van der Waals surface area contributed by atoms with E-state index in [1.165, 1.54) is 12.1 Å². The Morgan fingerprint density at radius 3 is 2.35 bits per heavy atom. The van der Waals surface area contributed by atoms with Gasteiger partial charge in [0, 0.05) is 0 Å². The van der Waals surface area contributed by atoms with E-state index in [1.807, 2.05) is 6.92 Å². The average molecular weight is 368 g/mol. The molecule has 0 fully saturated rings. The molecule has 1 rings (SSSR count). The van der Waals surface area contributed by atoms with Gasteiger partial charge in [-0.15, -0.1) is 0 Å². The predicted molar refractivity (Wildman–Crippen MR) is 70.6 cm³/mol. The van der Waals surface area contributed by atoms with E-state index in [-0.39, 0.29) is 12.2 Å². The van der Waals surface area contributed by atoms with Crippen molar-refractivity contribution in [1.29, 1.82) is 0 Å². The van der Waals surface area contributed by atoms with E-state index in [9.17, 15) is 9.90 Å². The van der Waals surface area contributed by atoms with Gasteiger partial charge in [0.2, 0.25) is 0 Å². The van der Waals surface area contributed by atoms with Crippen molar-refractivity contribution < 1.29 is 19.7 Å². The van der Waals surface area contributed by atoms with Crippen LogP contribution in [0.3, 0.4) is 0 Å². The van der Waals surface area contributed by atoms with Crippen LogP contribution >= 0.6 is 31.9 Å². The van der Waals surface area contributed by atoms with Crippen molar-refractivity contribution in [3.05, 3.63) is 26.6 Å². The molecule has 0 amide bonds. The van der Waals surface area contributed by atoms with Crippen LogP contribution in [0, 0.1) is 0 Å². The van der Waals surface area contributed by atoms with Crippen molar-refractivity contribution in [2.45, 2.75) is 19.4 Å². The highest BCUT2D eigenvalue weighted by Gasteiger charge is 2.13. The zero-order valence-corrected chi connectivity index (χ0v) is 12.3. The minimum Gasteiger partial charge on any atom is -0.489 e. The third-order valence-electron chi connectivity index (χ3n) is 2.14. The lowest BCUT2D eigenvalue weighted by atomic mass is 10.2. The molecule has 6 heteroatoms. The van der Waals surface area contributed by atoms with Crippen molar-refractivity contribution in [3.63, 3.8) is 0 Å². The van der Waals surface area contributed by atoms with Crippen LogP contribution in [0.4, 0.5) is 0 Å². The van der Waals surface area contributed by atoms with E-state index in [0.717, 1.165) is 0 Å². The van der Waals surface area contributed by atoms with Gasteiger partial charge in [0.15, 0.2) is 0 Å². The van der Waals surface area contributed by atoms with Gasteiger partial charge in [0.05, 0.1) is 20.6 Å². The monoisotopic (exact) mass is 366 g/mol. The van der Waals surface area contributed by atoms with Crippen molar-refractivity contribution in [3.8, 4) is 5.75 Å². The summed E-state index contributed by atoms with van der Waals surface area (Å²) in [5.41, 5.74) is 0.159. The molecular weight excluding hydrogens is 356 g/mol. The standard InChI is InChI=1S/C11H12Br2O4/c1-2-7(14)5-17-10-8(12)3-6(11(15)16)4-9(10)13/h3-4,7,14H,2,5H2,1H3,(H,15,16). The zero-order chi connectivity index (χ0) is 13.0. The molecule has 94 valence electrons. The van der Waals surface area contributed by atoms with Crippen molar-refractivity contribution in [1.82, 2.24) is 0 Å². The van der Waals surface area contributed by atoms with E-state index in [0.29, 0.717) is 21.1 Å². The molecule has 0 aromatic heterocycles. The van der Waals surface area contributed by atoms with Gasteiger partial charge in [-0.25, -0.2) is 4.79 Å². The van der Waals surface area contributed by atoms with Crippen LogP contribution in [-0.2, 0) is 0 Å². The number of halogens is 2. The molecule has 1 atom stereocenters. The highest BCUT2D eigenvalue weighted by atomic mass is 79.9. The minimum absolute atomic E-state index is 0.159. The molecule has 0 radical (unpaired) electrons. The second-order valence-corrected chi connectivity index (χ2v) is 5.16. The Morgan fingerprint density at radius 2 is 1.94 bits per heavy atom. The summed E-state index contributed by atoms with van der Waals surface area (Å²) < 4.78 is 6.49. The number of aromatic carboxylic acids is 1. The number of aliphatic hydroxyl groups is 1. The predicted octanol–water partition coefficient (Wildman–Crippen LogP) is 3.06. The third kappa shape index (κ3) is 3.97. The molecule has 0 saturated carbocycles. The fourth-order valence-corrected chi connectivity index (χ4v) is 2.53. The van der Waals surface area contributed by atoms with Crippen molar-refractivity contribution >= 4 is 37.8 Å². The third-order valence-corrected chi connectivity index (χ3v) is 3.31. The summed E-state index contributed by atoms with van der Waals surface area (Å²) in [5, 5.41) is 18.3. The first-order chi connectivity index (χ1) is 7.95. The number of rotatable bonds is 5. The van der Waals surface area contributed by atoms with Crippen LogP contribution in [0.25, 0.3) is 0 Å². The maximum atomic E-state index is 10.8. The summed E-state index contributed by atoms with van der Waals surface area (Å²) in [6.07, 6.45) is 0.0653. The van der Waals surface area contributed by atoms with Crippen LogP contribution in [0.1, 0.15) is 23.7 Å². The van der Waals surface area contributed by atoms with Gasteiger partial charge in [-0.3, -0.25) is 0 Å². The van der Waals surface area contributed by atoms with E-state index in [2.05, 4.69) is 31.9 Å². The van der Waals surface area contributed by atoms with Gasteiger partial charge in [-0.1, -0.05) is 6.92 Å². The smallest absolute Gasteiger partial charge is 0.335 e. The number of hydrogen-bond acceptors (Lipinski definition) is 3. The quantitative estimate of drug-likeness (QED) is 0.839. The first kappa shape index (κ1) is 14.5. The van der Waals surface area contributed by atoms with Gasteiger partial charge in [0.1, 0.15) is 12.4 Å². The maximum Gasteiger partial charge on any atom is 0.335 e. The maximum absolute atomic E-state index is 10.8. The normalized spacial score (nSPS) is 12.2. The summed E-state index contributed by atoms with van der Waals surface area (Å²) in [6, 6.07) is 2.92. The molecule has 1 aromatic carbocycles. The fourth-order valence-electron chi connectivity index (χ4n) is 1.12. The molecule has 0 aliphatic rings. The van der Waals surface area contributed by atoms with Crippen molar-refractivity contribution in [2.75, 3.05) is 6.61 Å². The minimum atomic E-state index is -1.01. The SMILES string of the molecule is CCC(O)COc1c(Br)cc(C(=O)O)cc1Br. The summed E-state index contributed by atoms with van der Waals surface area (Å²) in [6.45, 7) is 2.02. The molecule has 0 saturated heterocycles. The Kier molecular flexibility index (Phi) is 5.42. The number of hydrogen-bond donors (Lipinski definition) is 2. The Hall–Kier alpha value is -0.590. The largest absolute Gasteiger partial charge is 0.489 e. The van der Waals surface area contributed by atoms with Crippen LogP contribution < -0.4 is 4.74 Å². The second kappa shape index (κ2) is 6.37. The molecule has 0 aliphatic heterocycles. The first-order valence-electron chi connectivity index (χ1n) is 4.98. The van der Waals surface area contributed by atoms with Gasteiger partial charge in [0.25, 0.3) is 0 Å². The topological polar surface area (TPSA) is 66.8 Å². The Morgan fingerprint density at radius 1 is 1.41 bits per heavy atom. The highest BCUT2D eigenvalue weighted by Crippen LogP contribution is 2.34. The van der Waals surface area contributed by atoms with Gasteiger partial charge >= 0.3 is 5.97 Å². The second-order valence-electron chi connectivity index (χ2n) is 3.45. The van der Waals surface area contributed by atoms with Gasteiger partial charge in [-0.2, -0.15) is 0 Å². The van der Waals surface area contributed by atoms with E-state index in [1.54, 1.807) is 0 Å². The number of aliphatic hydroxyl groups excluding tert-OH is 1. The average Bonchev–Trinajstić information content (AvgIpc) is 2.27. The van der Waals surface area contributed by atoms with Gasteiger partial charge in [-0.05, 0) is 50.4 Å². The number of carbonyl (C=O) groups is 1. The fraction of sp³-hybridized carbons (Fsp3) is 0.364. The lowest BCUT2D eigenvalue weighted by Gasteiger charge is -2.13. The summed E-state index contributed by atoms with van der Waals surface area (Å²) >= 11 is 6.48. The number of benzene rings is 1.